The second kappa shape index (κ2) is 6.44. The molecule has 7 heteroatoms. The second-order valence-corrected chi connectivity index (χ2v) is 9.66. The Morgan fingerprint density at radius 3 is 2.75 bits per heavy atom. The van der Waals surface area contributed by atoms with Gasteiger partial charge in [-0.15, -0.1) is 11.8 Å². The van der Waals surface area contributed by atoms with Crippen molar-refractivity contribution >= 4 is 35.1 Å². The third kappa shape index (κ3) is 2.90. The minimum absolute atomic E-state index is 0.203. The predicted octanol–water partition coefficient (Wildman–Crippen LogP) is 4.17. The highest BCUT2D eigenvalue weighted by Crippen LogP contribution is 2.58. The first-order chi connectivity index (χ1) is 13.2. The monoisotopic (exact) mass is 397 g/mol. The molecule has 2 aromatic carbocycles. The van der Waals surface area contributed by atoms with Gasteiger partial charge in [0.15, 0.2) is 4.87 Å². The maximum Gasteiger partial charge on any atom is 0.323 e. The zero-order valence-corrected chi connectivity index (χ0v) is 17.1. The maximum atomic E-state index is 13.3. The Balaban J connectivity index is 1.77. The summed E-state index contributed by atoms with van der Waals surface area (Å²) < 4.78 is 5.08. The number of hydrogen-bond acceptors (Lipinski definition) is 4. The number of aryl methyl sites for hydroxylation is 1. The lowest BCUT2D eigenvalue weighted by Gasteiger charge is -2.32. The molecule has 1 fully saturated rings. The summed E-state index contributed by atoms with van der Waals surface area (Å²) in [5, 5.41) is 5.90. The van der Waals surface area contributed by atoms with Crippen LogP contribution in [0, 0.1) is 6.92 Å². The minimum atomic E-state index is -1.12. The van der Waals surface area contributed by atoms with Crippen LogP contribution >= 0.6 is 11.8 Å². The van der Waals surface area contributed by atoms with Crippen LogP contribution < -0.4 is 15.4 Å². The molecular formula is C21H23N3O3S. The van der Waals surface area contributed by atoms with Crippen LogP contribution in [0.3, 0.4) is 0 Å². The molecule has 4 rings (SSSR count). The molecule has 3 amide bonds. The number of nitrogens with one attached hydrogen (secondary N) is 2. The van der Waals surface area contributed by atoms with Gasteiger partial charge >= 0.3 is 6.03 Å². The lowest BCUT2D eigenvalue weighted by Crippen LogP contribution is -2.49. The van der Waals surface area contributed by atoms with Crippen molar-refractivity contribution in [3.05, 3.63) is 53.6 Å². The van der Waals surface area contributed by atoms with E-state index < -0.39 is 4.87 Å². The molecule has 2 N–H and O–H groups in total. The number of hydrogen-bond donors (Lipinski definition) is 2. The average Bonchev–Trinajstić information content (AvgIpc) is 3.08. The van der Waals surface area contributed by atoms with Gasteiger partial charge in [-0.3, -0.25) is 9.69 Å². The normalized spacial score (nSPS) is 22.1. The van der Waals surface area contributed by atoms with Gasteiger partial charge in [0.25, 0.3) is 5.91 Å². The largest absolute Gasteiger partial charge is 0.497 e. The zero-order chi connectivity index (χ0) is 20.1. The molecule has 0 unspecified atom stereocenters. The van der Waals surface area contributed by atoms with Gasteiger partial charge in [-0.2, -0.15) is 0 Å². The molecular weight excluding hydrogens is 374 g/mol. The van der Waals surface area contributed by atoms with Crippen LogP contribution in [0.15, 0.2) is 42.5 Å². The fraction of sp³-hybridized carbons (Fsp3) is 0.333. The zero-order valence-electron chi connectivity index (χ0n) is 16.3. The van der Waals surface area contributed by atoms with Crippen molar-refractivity contribution in [3.8, 4) is 5.75 Å². The van der Waals surface area contributed by atoms with Gasteiger partial charge in [0.2, 0.25) is 0 Å². The second-order valence-electron chi connectivity index (χ2n) is 7.76. The summed E-state index contributed by atoms with van der Waals surface area (Å²) in [5.74, 6) is 0.449. The third-order valence-electron chi connectivity index (χ3n) is 5.01. The van der Waals surface area contributed by atoms with Crippen LogP contribution in [-0.2, 0) is 9.67 Å². The van der Waals surface area contributed by atoms with Crippen molar-refractivity contribution in [3.63, 3.8) is 0 Å². The number of carbonyl (C=O) groups is 2. The number of carbonyl (C=O) groups excluding carboxylic acids is 2. The highest BCUT2D eigenvalue weighted by molar-refractivity contribution is 8.02. The number of amides is 3. The van der Waals surface area contributed by atoms with Crippen LogP contribution in [0.4, 0.5) is 16.2 Å². The van der Waals surface area contributed by atoms with Gasteiger partial charge in [-0.1, -0.05) is 12.1 Å². The van der Waals surface area contributed by atoms with E-state index in [0.717, 1.165) is 11.1 Å². The van der Waals surface area contributed by atoms with Crippen LogP contribution in [0.5, 0.6) is 5.75 Å². The maximum absolute atomic E-state index is 13.3. The van der Waals surface area contributed by atoms with Gasteiger partial charge in [0, 0.05) is 28.2 Å². The first-order valence-corrected chi connectivity index (χ1v) is 9.92. The number of fused-ring (bicyclic) bond motifs is 2. The Morgan fingerprint density at radius 2 is 2.04 bits per heavy atom. The number of rotatable bonds is 2. The van der Waals surface area contributed by atoms with E-state index in [9.17, 15) is 9.59 Å². The average molecular weight is 398 g/mol. The van der Waals surface area contributed by atoms with E-state index in [2.05, 4.69) is 10.6 Å². The van der Waals surface area contributed by atoms with Crippen LogP contribution in [0.25, 0.3) is 0 Å². The van der Waals surface area contributed by atoms with E-state index in [1.54, 1.807) is 18.1 Å². The molecule has 2 aromatic rings. The molecule has 2 aliphatic heterocycles. The molecule has 1 atom stereocenters. The minimum Gasteiger partial charge on any atom is -0.497 e. The molecule has 2 heterocycles. The molecule has 0 saturated carbocycles. The third-order valence-corrected chi connectivity index (χ3v) is 6.61. The Bertz CT molecular complexity index is 975. The van der Waals surface area contributed by atoms with Crippen molar-refractivity contribution < 1.29 is 14.3 Å². The molecule has 6 nitrogen and oxygen atoms in total. The highest BCUT2D eigenvalue weighted by Gasteiger charge is 2.61. The smallest absolute Gasteiger partial charge is 0.323 e. The van der Waals surface area contributed by atoms with Gasteiger partial charge in [0.1, 0.15) is 5.75 Å². The van der Waals surface area contributed by atoms with Gasteiger partial charge in [-0.05, 0) is 56.7 Å². The molecule has 2 aliphatic rings. The van der Waals surface area contributed by atoms with E-state index >= 15 is 0 Å². The Labute approximate surface area is 168 Å². The molecule has 0 radical (unpaired) electrons. The molecule has 146 valence electrons. The SMILES string of the molecule is COc1ccc2c(c1)[C@@]1(SC(C)(C)CN1C(=O)Nc1cccc(C)c1)C(=O)N2. The fourth-order valence-electron chi connectivity index (χ4n) is 3.85. The van der Waals surface area contributed by atoms with Crippen LogP contribution in [-0.4, -0.2) is 35.2 Å². The number of urea groups is 1. The Kier molecular flexibility index (Phi) is 4.30. The van der Waals surface area contributed by atoms with E-state index in [0.29, 0.717) is 23.7 Å². The molecule has 28 heavy (non-hydrogen) atoms. The topological polar surface area (TPSA) is 70.7 Å². The first-order valence-electron chi connectivity index (χ1n) is 9.11. The molecule has 0 aliphatic carbocycles. The van der Waals surface area contributed by atoms with Crippen molar-refractivity contribution in [2.45, 2.75) is 30.4 Å². The summed E-state index contributed by atoms with van der Waals surface area (Å²) in [7, 11) is 1.59. The van der Waals surface area contributed by atoms with Crippen molar-refractivity contribution in [1.82, 2.24) is 4.90 Å². The number of benzene rings is 2. The summed E-state index contributed by atoms with van der Waals surface area (Å²) in [4.78, 5) is 27.0. The van der Waals surface area contributed by atoms with E-state index in [1.807, 2.05) is 57.2 Å². The fourth-order valence-corrected chi connectivity index (χ4v) is 5.52. The number of nitrogens with zero attached hydrogens (tertiary/aromatic N) is 1. The number of ether oxygens (including phenoxy) is 1. The standard InChI is InChI=1S/C21H23N3O3S/c1-13-6-5-7-14(10-13)22-19(26)24-12-20(2,3)28-21(24)16-11-15(27-4)8-9-17(16)23-18(21)25/h5-11H,12H2,1-4H3,(H,22,26)(H,23,25)/t21-/m1/s1. The lowest BCUT2D eigenvalue weighted by atomic mass is 10.0. The van der Waals surface area contributed by atoms with Crippen molar-refractivity contribution in [1.29, 1.82) is 0 Å². The Hall–Kier alpha value is -2.67. The van der Waals surface area contributed by atoms with E-state index in [-0.39, 0.29) is 16.7 Å². The summed E-state index contributed by atoms with van der Waals surface area (Å²) in [5.41, 5.74) is 3.23. The first kappa shape index (κ1) is 18.7. The van der Waals surface area contributed by atoms with Gasteiger partial charge in [0.05, 0.1) is 7.11 Å². The van der Waals surface area contributed by atoms with E-state index in [4.69, 9.17) is 4.74 Å². The van der Waals surface area contributed by atoms with Gasteiger partial charge < -0.3 is 15.4 Å². The summed E-state index contributed by atoms with van der Waals surface area (Å²) in [6.07, 6.45) is 0. The molecule has 0 bridgehead atoms. The summed E-state index contributed by atoms with van der Waals surface area (Å²) >= 11 is 1.50. The van der Waals surface area contributed by atoms with Crippen molar-refractivity contribution in [2.24, 2.45) is 0 Å². The number of thioether (sulfide) groups is 1. The molecule has 1 saturated heterocycles. The number of methoxy groups -OCH3 is 1. The van der Waals surface area contributed by atoms with Crippen molar-refractivity contribution in [2.75, 3.05) is 24.3 Å². The quantitative estimate of drug-likeness (QED) is 0.798. The predicted molar refractivity (Wildman–Crippen MR) is 112 cm³/mol. The lowest BCUT2D eigenvalue weighted by molar-refractivity contribution is -0.121. The van der Waals surface area contributed by atoms with Gasteiger partial charge in [-0.25, -0.2) is 4.79 Å². The highest BCUT2D eigenvalue weighted by atomic mass is 32.2. The molecule has 1 spiro atoms. The van der Waals surface area contributed by atoms with Crippen LogP contribution in [0.1, 0.15) is 25.0 Å². The Morgan fingerprint density at radius 1 is 1.25 bits per heavy atom. The van der Waals surface area contributed by atoms with E-state index in [1.165, 1.54) is 11.8 Å². The summed E-state index contributed by atoms with van der Waals surface area (Å²) in [6.45, 7) is 6.51. The van der Waals surface area contributed by atoms with Crippen LogP contribution in [0.2, 0.25) is 0 Å². The number of anilines is 2. The molecule has 0 aromatic heterocycles. The summed E-state index contributed by atoms with van der Waals surface area (Å²) in [6, 6.07) is 12.8.